The predicted molar refractivity (Wildman–Crippen MR) is 107 cm³/mol. The second kappa shape index (κ2) is 8.54. The van der Waals surface area contributed by atoms with Crippen molar-refractivity contribution in [3.8, 4) is 5.75 Å². The van der Waals surface area contributed by atoms with E-state index < -0.39 is 15.9 Å². The van der Waals surface area contributed by atoms with Gasteiger partial charge in [0.2, 0.25) is 10.0 Å². The maximum absolute atomic E-state index is 12.8. The highest BCUT2D eigenvalue weighted by Gasteiger charge is 2.24. The summed E-state index contributed by atoms with van der Waals surface area (Å²) in [4.78, 5) is 12.8. The number of nitrogens with zero attached hydrogens (tertiary/aromatic N) is 1. The topological polar surface area (TPSA) is 75.7 Å². The van der Waals surface area contributed by atoms with Crippen LogP contribution in [0.25, 0.3) is 0 Å². The van der Waals surface area contributed by atoms with Crippen LogP contribution in [0.4, 0.5) is 5.69 Å². The summed E-state index contributed by atoms with van der Waals surface area (Å²) in [5.41, 5.74) is 2.99. The van der Waals surface area contributed by atoms with E-state index in [0.29, 0.717) is 24.5 Å². The van der Waals surface area contributed by atoms with Gasteiger partial charge in [0, 0.05) is 18.8 Å². The Balaban J connectivity index is 2.42. The standard InChI is InChI=1S/C20H26N2O4S/c1-6-22(7-2)27(24,25)17-10-11-19(26-5)18(13-17)20(23)21-16-9-8-14(3)15(4)12-16/h8-13H,6-7H2,1-5H3,(H,21,23). The van der Waals surface area contributed by atoms with E-state index in [9.17, 15) is 13.2 Å². The number of benzene rings is 2. The number of amides is 1. The summed E-state index contributed by atoms with van der Waals surface area (Å²) < 4.78 is 32.1. The fraction of sp³-hybridized carbons (Fsp3) is 0.350. The molecular formula is C20H26N2O4S. The number of aryl methyl sites for hydroxylation is 2. The average molecular weight is 391 g/mol. The van der Waals surface area contributed by atoms with Gasteiger partial charge in [0.25, 0.3) is 5.91 Å². The average Bonchev–Trinajstić information content (AvgIpc) is 2.64. The number of hydrogen-bond acceptors (Lipinski definition) is 4. The van der Waals surface area contributed by atoms with Gasteiger partial charge >= 0.3 is 0 Å². The molecule has 2 aromatic carbocycles. The largest absolute Gasteiger partial charge is 0.496 e. The quantitative estimate of drug-likeness (QED) is 0.784. The number of ether oxygens (including phenoxy) is 1. The van der Waals surface area contributed by atoms with Crippen LogP contribution in [-0.4, -0.2) is 38.8 Å². The van der Waals surface area contributed by atoms with E-state index in [4.69, 9.17) is 4.74 Å². The zero-order valence-corrected chi connectivity index (χ0v) is 17.2. The minimum Gasteiger partial charge on any atom is -0.496 e. The molecule has 0 saturated heterocycles. The normalized spacial score (nSPS) is 11.5. The number of nitrogens with one attached hydrogen (secondary N) is 1. The fourth-order valence-electron chi connectivity index (χ4n) is 2.76. The third-order valence-corrected chi connectivity index (χ3v) is 6.57. The summed E-state index contributed by atoms with van der Waals surface area (Å²) in [6.45, 7) is 8.22. The summed E-state index contributed by atoms with van der Waals surface area (Å²) in [6.07, 6.45) is 0. The SMILES string of the molecule is CCN(CC)S(=O)(=O)c1ccc(OC)c(C(=O)Nc2ccc(C)c(C)c2)c1. The van der Waals surface area contributed by atoms with Crippen molar-refractivity contribution in [2.75, 3.05) is 25.5 Å². The molecule has 0 fully saturated rings. The molecule has 0 bridgehead atoms. The van der Waals surface area contributed by atoms with Gasteiger partial charge in [-0.05, 0) is 55.3 Å². The van der Waals surface area contributed by atoms with E-state index in [1.807, 2.05) is 32.0 Å². The van der Waals surface area contributed by atoms with Crippen LogP contribution in [-0.2, 0) is 10.0 Å². The molecule has 0 atom stereocenters. The lowest BCUT2D eigenvalue weighted by atomic mass is 10.1. The zero-order valence-electron chi connectivity index (χ0n) is 16.4. The number of rotatable bonds is 7. The minimum atomic E-state index is -3.67. The molecule has 2 aromatic rings. The van der Waals surface area contributed by atoms with Gasteiger partial charge < -0.3 is 10.1 Å². The maximum Gasteiger partial charge on any atom is 0.259 e. The van der Waals surface area contributed by atoms with Gasteiger partial charge in [-0.3, -0.25) is 4.79 Å². The molecule has 1 N–H and O–H groups in total. The molecule has 0 spiro atoms. The number of carbonyl (C=O) groups is 1. The predicted octanol–water partition coefficient (Wildman–Crippen LogP) is 3.59. The van der Waals surface area contributed by atoms with Crippen LogP contribution in [0.5, 0.6) is 5.75 Å². The monoisotopic (exact) mass is 390 g/mol. The Labute approximate surface area is 161 Å². The molecule has 0 saturated carbocycles. The molecule has 0 unspecified atom stereocenters. The van der Waals surface area contributed by atoms with E-state index in [2.05, 4.69) is 5.32 Å². The lowest BCUT2D eigenvalue weighted by molar-refractivity contribution is 0.102. The molecule has 0 aromatic heterocycles. The molecule has 7 heteroatoms. The van der Waals surface area contributed by atoms with E-state index in [-0.39, 0.29) is 10.5 Å². The summed E-state index contributed by atoms with van der Waals surface area (Å²) in [5, 5.41) is 2.81. The first-order valence-electron chi connectivity index (χ1n) is 8.81. The van der Waals surface area contributed by atoms with Gasteiger partial charge in [-0.25, -0.2) is 8.42 Å². The molecule has 6 nitrogen and oxygen atoms in total. The van der Waals surface area contributed by atoms with E-state index in [0.717, 1.165) is 11.1 Å². The van der Waals surface area contributed by atoms with Crippen LogP contribution < -0.4 is 10.1 Å². The van der Waals surface area contributed by atoms with Gasteiger partial charge in [0.1, 0.15) is 5.75 Å². The first-order valence-corrected chi connectivity index (χ1v) is 10.2. The molecule has 0 heterocycles. The number of sulfonamides is 1. The van der Waals surface area contributed by atoms with Gasteiger partial charge in [0.15, 0.2) is 0 Å². The molecule has 0 aliphatic rings. The first kappa shape index (κ1) is 20.9. The lowest BCUT2D eigenvalue weighted by Gasteiger charge is -2.19. The van der Waals surface area contributed by atoms with Crippen molar-refractivity contribution in [2.45, 2.75) is 32.6 Å². The van der Waals surface area contributed by atoms with Gasteiger partial charge in [-0.1, -0.05) is 19.9 Å². The van der Waals surface area contributed by atoms with Gasteiger partial charge in [-0.2, -0.15) is 4.31 Å². The second-order valence-corrected chi connectivity index (χ2v) is 8.14. The fourth-order valence-corrected chi connectivity index (χ4v) is 4.24. The van der Waals surface area contributed by atoms with Crippen LogP contribution in [0.3, 0.4) is 0 Å². The van der Waals surface area contributed by atoms with Crippen molar-refractivity contribution in [3.05, 3.63) is 53.1 Å². The van der Waals surface area contributed by atoms with Crippen LogP contribution in [0.1, 0.15) is 35.3 Å². The Morgan fingerprint density at radius 1 is 1.04 bits per heavy atom. The van der Waals surface area contributed by atoms with Gasteiger partial charge in [-0.15, -0.1) is 0 Å². The molecule has 2 rings (SSSR count). The Hall–Kier alpha value is -2.38. The first-order chi connectivity index (χ1) is 12.7. The van der Waals surface area contributed by atoms with Crippen LogP contribution in [0, 0.1) is 13.8 Å². The smallest absolute Gasteiger partial charge is 0.259 e. The minimum absolute atomic E-state index is 0.0669. The Morgan fingerprint density at radius 2 is 1.70 bits per heavy atom. The van der Waals surface area contributed by atoms with E-state index >= 15 is 0 Å². The number of anilines is 1. The highest BCUT2D eigenvalue weighted by molar-refractivity contribution is 7.89. The summed E-state index contributed by atoms with van der Waals surface area (Å²) in [7, 11) is -2.22. The summed E-state index contributed by atoms with van der Waals surface area (Å²) >= 11 is 0. The Kier molecular flexibility index (Phi) is 6.62. The molecule has 0 aliphatic carbocycles. The molecule has 146 valence electrons. The van der Waals surface area contributed by atoms with Crippen LogP contribution >= 0.6 is 0 Å². The highest BCUT2D eigenvalue weighted by atomic mass is 32.2. The summed E-state index contributed by atoms with van der Waals surface area (Å²) in [6, 6.07) is 9.93. The van der Waals surface area contributed by atoms with Crippen molar-refractivity contribution < 1.29 is 17.9 Å². The second-order valence-electron chi connectivity index (χ2n) is 6.20. The molecular weight excluding hydrogens is 364 g/mol. The number of carbonyl (C=O) groups excluding carboxylic acids is 1. The van der Waals surface area contributed by atoms with Crippen LogP contribution in [0.15, 0.2) is 41.3 Å². The summed E-state index contributed by atoms with van der Waals surface area (Å²) in [5.74, 6) is -0.110. The number of hydrogen-bond donors (Lipinski definition) is 1. The van der Waals surface area contributed by atoms with Crippen molar-refractivity contribution >= 4 is 21.6 Å². The molecule has 0 radical (unpaired) electrons. The molecule has 1 amide bonds. The third kappa shape index (κ3) is 4.48. The van der Waals surface area contributed by atoms with E-state index in [1.54, 1.807) is 13.8 Å². The van der Waals surface area contributed by atoms with Crippen LogP contribution in [0.2, 0.25) is 0 Å². The number of methoxy groups -OCH3 is 1. The Bertz CT molecular complexity index is 935. The molecule has 27 heavy (non-hydrogen) atoms. The third-order valence-electron chi connectivity index (χ3n) is 4.52. The highest BCUT2D eigenvalue weighted by Crippen LogP contribution is 2.26. The van der Waals surface area contributed by atoms with Crippen molar-refractivity contribution in [3.63, 3.8) is 0 Å². The lowest BCUT2D eigenvalue weighted by Crippen LogP contribution is -2.30. The molecule has 0 aliphatic heterocycles. The van der Waals surface area contributed by atoms with Crippen molar-refractivity contribution in [2.24, 2.45) is 0 Å². The van der Waals surface area contributed by atoms with Gasteiger partial charge in [0.05, 0.1) is 17.6 Å². The Morgan fingerprint density at radius 3 is 2.26 bits per heavy atom. The van der Waals surface area contributed by atoms with Crippen molar-refractivity contribution in [1.29, 1.82) is 0 Å². The van der Waals surface area contributed by atoms with Crippen molar-refractivity contribution in [1.82, 2.24) is 4.31 Å². The zero-order chi connectivity index (χ0) is 20.2. The van der Waals surface area contributed by atoms with E-state index in [1.165, 1.54) is 29.6 Å². The maximum atomic E-state index is 12.8.